The summed E-state index contributed by atoms with van der Waals surface area (Å²) in [5, 5.41) is 10.3. The van der Waals surface area contributed by atoms with E-state index in [-0.39, 0.29) is 5.91 Å². The zero-order chi connectivity index (χ0) is 15.7. The molecule has 0 saturated carbocycles. The van der Waals surface area contributed by atoms with E-state index in [0.29, 0.717) is 31.9 Å². The van der Waals surface area contributed by atoms with Gasteiger partial charge in [-0.25, -0.2) is 4.79 Å². The number of amides is 1. The normalized spacial score (nSPS) is 11.0. The molecular formula is C14H19NO5S. The summed E-state index contributed by atoms with van der Waals surface area (Å²) >= 11 is 1.32. The molecule has 0 aliphatic rings. The van der Waals surface area contributed by atoms with Gasteiger partial charge in [0.25, 0.3) is 5.91 Å². The highest BCUT2D eigenvalue weighted by Gasteiger charge is 2.16. The summed E-state index contributed by atoms with van der Waals surface area (Å²) in [6.07, 6.45) is 2.52. The quantitative estimate of drug-likeness (QED) is 0.701. The highest BCUT2D eigenvalue weighted by molar-refractivity contribution is 7.11. The van der Waals surface area contributed by atoms with Crippen molar-refractivity contribution in [1.29, 1.82) is 0 Å². The molecule has 0 aliphatic carbocycles. The number of carboxylic acids is 1. The van der Waals surface area contributed by atoms with Gasteiger partial charge in [-0.1, -0.05) is 0 Å². The summed E-state index contributed by atoms with van der Waals surface area (Å²) in [4.78, 5) is 25.2. The first-order valence-electron chi connectivity index (χ1n) is 6.35. The van der Waals surface area contributed by atoms with Gasteiger partial charge < -0.3 is 19.5 Å². The summed E-state index contributed by atoms with van der Waals surface area (Å²) < 4.78 is 10.00. The number of aliphatic carboxylic acids is 1. The Kier molecular flexibility index (Phi) is 7.66. The Hall–Kier alpha value is -1.70. The lowest BCUT2D eigenvalue weighted by Crippen LogP contribution is -2.36. The van der Waals surface area contributed by atoms with Crippen LogP contribution in [0.5, 0.6) is 0 Å². The van der Waals surface area contributed by atoms with Crippen LogP contribution in [0.4, 0.5) is 0 Å². The van der Waals surface area contributed by atoms with Crippen molar-refractivity contribution in [3.63, 3.8) is 0 Å². The number of carboxylic acid groups (broad SMARTS) is 1. The molecule has 0 fully saturated rings. The molecule has 0 atom stereocenters. The Labute approximate surface area is 127 Å². The minimum Gasteiger partial charge on any atom is -0.478 e. The second kappa shape index (κ2) is 9.28. The maximum absolute atomic E-state index is 12.4. The maximum atomic E-state index is 12.4. The van der Waals surface area contributed by atoms with E-state index in [0.717, 1.165) is 11.0 Å². The molecule has 1 aromatic rings. The molecule has 21 heavy (non-hydrogen) atoms. The standard InChI is InChI=1S/C14H19NO5S/c1-19-7-5-15(6-8-20-2)14(18)11-9-12(21-10-11)3-4-13(16)17/h3-4,9-10H,5-8H2,1-2H3,(H,16,17). The van der Waals surface area contributed by atoms with E-state index in [4.69, 9.17) is 14.6 Å². The molecule has 116 valence electrons. The summed E-state index contributed by atoms with van der Waals surface area (Å²) in [5.41, 5.74) is 0.539. The molecule has 0 saturated heterocycles. The van der Waals surface area contributed by atoms with Gasteiger partial charge in [-0.3, -0.25) is 4.79 Å². The molecule has 1 heterocycles. The molecule has 1 aromatic heterocycles. The van der Waals surface area contributed by atoms with E-state index < -0.39 is 5.97 Å². The Morgan fingerprint density at radius 1 is 1.29 bits per heavy atom. The molecule has 1 N–H and O–H groups in total. The predicted molar refractivity (Wildman–Crippen MR) is 80.6 cm³/mol. The minimum atomic E-state index is -1.02. The van der Waals surface area contributed by atoms with Gasteiger partial charge >= 0.3 is 5.97 Å². The summed E-state index contributed by atoms with van der Waals surface area (Å²) in [6, 6.07) is 1.68. The van der Waals surface area contributed by atoms with E-state index in [1.807, 2.05) is 0 Å². The number of ether oxygens (including phenoxy) is 2. The fraction of sp³-hybridized carbons (Fsp3) is 0.429. The number of methoxy groups -OCH3 is 2. The number of nitrogens with zero attached hydrogens (tertiary/aromatic N) is 1. The lowest BCUT2D eigenvalue weighted by Gasteiger charge is -2.21. The second-order valence-corrected chi connectivity index (χ2v) is 5.13. The van der Waals surface area contributed by atoms with Crippen molar-refractivity contribution in [3.05, 3.63) is 28.0 Å². The van der Waals surface area contributed by atoms with Crippen molar-refractivity contribution < 1.29 is 24.2 Å². The Morgan fingerprint density at radius 3 is 2.43 bits per heavy atom. The molecule has 0 bridgehead atoms. The molecular weight excluding hydrogens is 294 g/mol. The van der Waals surface area contributed by atoms with Gasteiger partial charge in [0.15, 0.2) is 0 Å². The molecule has 0 unspecified atom stereocenters. The number of thiophene rings is 1. The summed E-state index contributed by atoms with van der Waals surface area (Å²) in [6.45, 7) is 1.86. The van der Waals surface area contributed by atoms with Crippen LogP contribution in [-0.4, -0.2) is 62.4 Å². The monoisotopic (exact) mass is 313 g/mol. The van der Waals surface area contributed by atoms with Crippen LogP contribution in [-0.2, 0) is 14.3 Å². The van der Waals surface area contributed by atoms with E-state index in [2.05, 4.69) is 0 Å². The van der Waals surface area contributed by atoms with Gasteiger partial charge in [0, 0.05) is 43.6 Å². The number of hydrogen-bond donors (Lipinski definition) is 1. The highest BCUT2D eigenvalue weighted by Crippen LogP contribution is 2.18. The average molecular weight is 313 g/mol. The van der Waals surface area contributed by atoms with E-state index in [1.54, 1.807) is 30.6 Å². The van der Waals surface area contributed by atoms with Crippen LogP contribution >= 0.6 is 11.3 Å². The third kappa shape index (κ3) is 6.07. The zero-order valence-electron chi connectivity index (χ0n) is 12.1. The molecule has 0 aliphatic heterocycles. The van der Waals surface area contributed by atoms with Gasteiger partial charge in [0.2, 0.25) is 0 Å². The SMILES string of the molecule is COCCN(CCOC)C(=O)c1csc(C=CC(=O)O)c1. The van der Waals surface area contributed by atoms with Gasteiger partial charge in [-0.2, -0.15) is 0 Å². The van der Waals surface area contributed by atoms with Crippen molar-refractivity contribution in [3.8, 4) is 0 Å². The van der Waals surface area contributed by atoms with Gasteiger partial charge in [-0.15, -0.1) is 11.3 Å². The highest BCUT2D eigenvalue weighted by atomic mass is 32.1. The number of hydrogen-bond acceptors (Lipinski definition) is 5. The van der Waals surface area contributed by atoms with Crippen molar-refractivity contribution in [2.24, 2.45) is 0 Å². The Morgan fingerprint density at radius 2 is 1.90 bits per heavy atom. The summed E-state index contributed by atoms with van der Waals surface area (Å²) in [5.74, 6) is -1.13. The van der Waals surface area contributed by atoms with Crippen LogP contribution < -0.4 is 0 Å². The van der Waals surface area contributed by atoms with Crippen LogP contribution in [0.2, 0.25) is 0 Å². The number of carbonyl (C=O) groups excluding carboxylic acids is 1. The van der Waals surface area contributed by atoms with Crippen molar-refractivity contribution in [1.82, 2.24) is 4.90 Å². The molecule has 0 aromatic carbocycles. The summed E-state index contributed by atoms with van der Waals surface area (Å²) in [7, 11) is 3.16. The molecule has 7 heteroatoms. The number of carbonyl (C=O) groups is 2. The van der Waals surface area contributed by atoms with Crippen molar-refractivity contribution >= 4 is 29.3 Å². The average Bonchev–Trinajstić information content (AvgIpc) is 2.93. The second-order valence-electron chi connectivity index (χ2n) is 4.19. The number of rotatable bonds is 9. The van der Waals surface area contributed by atoms with E-state index in [1.165, 1.54) is 17.4 Å². The van der Waals surface area contributed by atoms with Crippen molar-refractivity contribution in [2.45, 2.75) is 0 Å². The lowest BCUT2D eigenvalue weighted by molar-refractivity contribution is -0.131. The molecule has 1 rings (SSSR count). The van der Waals surface area contributed by atoms with E-state index >= 15 is 0 Å². The van der Waals surface area contributed by atoms with Crippen LogP contribution in [0.1, 0.15) is 15.2 Å². The van der Waals surface area contributed by atoms with Gasteiger partial charge in [0.05, 0.1) is 18.8 Å². The first kappa shape index (κ1) is 17.4. The van der Waals surface area contributed by atoms with Crippen LogP contribution in [0, 0.1) is 0 Å². The maximum Gasteiger partial charge on any atom is 0.328 e. The van der Waals surface area contributed by atoms with Gasteiger partial charge in [0.1, 0.15) is 0 Å². The fourth-order valence-corrected chi connectivity index (χ4v) is 2.38. The lowest BCUT2D eigenvalue weighted by atomic mass is 10.2. The molecule has 1 amide bonds. The Balaban J connectivity index is 2.75. The predicted octanol–water partition coefficient (Wildman–Crippen LogP) is 1.58. The molecule has 0 spiro atoms. The van der Waals surface area contributed by atoms with Gasteiger partial charge in [-0.05, 0) is 12.1 Å². The molecule has 6 nitrogen and oxygen atoms in total. The topological polar surface area (TPSA) is 76.1 Å². The third-order valence-corrected chi connectivity index (χ3v) is 3.57. The van der Waals surface area contributed by atoms with Crippen LogP contribution in [0.3, 0.4) is 0 Å². The first-order valence-corrected chi connectivity index (χ1v) is 7.23. The van der Waals surface area contributed by atoms with Crippen molar-refractivity contribution in [2.75, 3.05) is 40.5 Å². The first-order chi connectivity index (χ1) is 10.1. The van der Waals surface area contributed by atoms with Crippen LogP contribution in [0.25, 0.3) is 6.08 Å². The third-order valence-electron chi connectivity index (χ3n) is 2.67. The minimum absolute atomic E-state index is 0.115. The Bertz CT molecular complexity index is 489. The van der Waals surface area contributed by atoms with Crippen LogP contribution in [0.15, 0.2) is 17.5 Å². The zero-order valence-corrected chi connectivity index (χ0v) is 12.9. The molecule has 0 radical (unpaired) electrons. The largest absolute Gasteiger partial charge is 0.478 e. The van der Waals surface area contributed by atoms with E-state index in [9.17, 15) is 9.59 Å². The smallest absolute Gasteiger partial charge is 0.328 e. The fourth-order valence-electron chi connectivity index (χ4n) is 1.61.